The Kier molecular flexibility index (Phi) is 7.00. The van der Waals surface area contributed by atoms with Crippen molar-refractivity contribution in [2.75, 3.05) is 36.4 Å². The second-order valence-electron chi connectivity index (χ2n) is 7.97. The van der Waals surface area contributed by atoms with Crippen LogP contribution in [0.15, 0.2) is 78.9 Å². The van der Waals surface area contributed by atoms with Crippen molar-refractivity contribution in [3.63, 3.8) is 0 Å². The number of carbonyl (C=O) groups excluding carboxylic acids is 2. The fraction of sp³-hybridized carbons (Fsp3) is 0.192. The minimum atomic E-state index is -0.240. The normalized spacial score (nSPS) is 13.4. The van der Waals surface area contributed by atoms with E-state index >= 15 is 0 Å². The van der Waals surface area contributed by atoms with Crippen molar-refractivity contribution < 1.29 is 9.59 Å². The van der Waals surface area contributed by atoms with E-state index in [-0.39, 0.29) is 16.9 Å². The zero-order valence-electron chi connectivity index (χ0n) is 18.5. The van der Waals surface area contributed by atoms with Gasteiger partial charge in [-0.3, -0.25) is 14.9 Å². The summed E-state index contributed by atoms with van der Waals surface area (Å²) >= 11 is 5.29. The van der Waals surface area contributed by atoms with Crippen LogP contribution in [0, 0.1) is 6.92 Å². The SMILES string of the molecule is Cc1cccc(C(=O)NC(=S)Nc2ccc(N3CCN(C(=O)c4ccccc4)CC3)cc2)c1. The Balaban J connectivity index is 1.28. The summed E-state index contributed by atoms with van der Waals surface area (Å²) in [5.41, 5.74) is 4.20. The number of amides is 2. The number of anilines is 2. The molecule has 0 spiro atoms. The minimum absolute atomic E-state index is 0.0796. The number of hydrogen-bond acceptors (Lipinski definition) is 4. The maximum absolute atomic E-state index is 12.6. The van der Waals surface area contributed by atoms with E-state index in [0.717, 1.165) is 35.6 Å². The molecule has 0 atom stereocenters. The van der Waals surface area contributed by atoms with Gasteiger partial charge in [-0.05, 0) is 67.7 Å². The van der Waals surface area contributed by atoms with Crippen molar-refractivity contribution in [2.24, 2.45) is 0 Å². The first-order valence-electron chi connectivity index (χ1n) is 10.9. The highest BCUT2D eigenvalue weighted by Gasteiger charge is 2.22. The molecule has 1 fully saturated rings. The Morgan fingerprint density at radius 2 is 1.48 bits per heavy atom. The van der Waals surface area contributed by atoms with Crippen LogP contribution in [0.25, 0.3) is 0 Å². The highest BCUT2D eigenvalue weighted by atomic mass is 32.1. The van der Waals surface area contributed by atoms with Gasteiger partial charge in [0, 0.05) is 48.7 Å². The molecule has 1 saturated heterocycles. The molecule has 6 nitrogen and oxygen atoms in total. The van der Waals surface area contributed by atoms with Gasteiger partial charge in [-0.25, -0.2) is 0 Å². The number of benzene rings is 3. The summed E-state index contributed by atoms with van der Waals surface area (Å²) in [6.07, 6.45) is 0. The molecule has 0 aliphatic carbocycles. The van der Waals surface area contributed by atoms with E-state index in [0.29, 0.717) is 18.7 Å². The van der Waals surface area contributed by atoms with Crippen LogP contribution in [0.1, 0.15) is 26.3 Å². The van der Waals surface area contributed by atoms with Crippen LogP contribution in [0.2, 0.25) is 0 Å². The summed E-state index contributed by atoms with van der Waals surface area (Å²) in [5.74, 6) is -0.160. The number of rotatable bonds is 4. The average molecular weight is 459 g/mol. The fourth-order valence-corrected chi connectivity index (χ4v) is 4.02. The summed E-state index contributed by atoms with van der Waals surface area (Å²) in [6.45, 7) is 4.86. The zero-order valence-corrected chi connectivity index (χ0v) is 19.3. The summed E-state index contributed by atoms with van der Waals surface area (Å²) in [5, 5.41) is 6.02. The first-order chi connectivity index (χ1) is 16.0. The Morgan fingerprint density at radius 3 is 2.15 bits per heavy atom. The lowest BCUT2D eigenvalue weighted by Gasteiger charge is -2.36. The molecular formula is C26H26N4O2S. The lowest BCUT2D eigenvalue weighted by molar-refractivity contribution is 0.0746. The molecule has 4 rings (SSSR count). The zero-order chi connectivity index (χ0) is 23.2. The third-order valence-electron chi connectivity index (χ3n) is 5.59. The van der Waals surface area contributed by atoms with Gasteiger partial charge >= 0.3 is 0 Å². The third kappa shape index (κ3) is 5.75. The van der Waals surface area contributed by atoms with Gasteiger partial charge in [-0.15, -0.1) is 0 Å². The van der Waals surface area contributed by atoms with E-state index in [9.17, 15) is 9.59 Å². The molecule has 0 aromatic heterocycles. The second kappa shape index (κ2) is 10.3. The molecule has 168 valence electrons. The second-order valence-corrected chi connectivity index (χ2v) is 8.38. The van der Waals surface area contributed by atoms with Crippen LogP contribution >= 0.6 is 12.2 Å². The van der Waals surface area contributed by atoms with Crippen LogP contribution in [-0.2, 0) is 0 Å². The monoisotopic (exact) mass is 458 g/mol. The van der Waals surface area contributed by atoms with Crippen LogP contribution in [0.5, 0.6) is 0 Å². The van der Waals surface area contributed by atoms with Gasteiger partial charge in [0.2, 0.25) is 0 Å². The number of piperazine rings is 1. The number of aryl methyl sites for hydroxylation is 1. The first kappa shape index (κ1) is 22.5. The molecule has 2 N–H and O–H groups in total. The smallest absolute Gasteiger partial charge is 0.257 e. The van der Waals surface area contributed by atoms with Gasteiger partial charge in [-0.2, -0.15) is 0 Å². The minimum Gasteiger partial charge on any atom is -0.368 e. The lowest BCUT2D eigenvalue weighted by Crippen LogP contribution is -2.48. The molecule has 1 heterocycles. The van der Waals surface area contributed by atoms with Crippen LogP contribution in [-0.4, -0.2) is 48.0 Å². The number of hydrogen-bond donors (Lipinski definition) is 2. The van der Waals surface area contributed by atoms with Gasteiger partial charge in [0.1, 0.15) is 0 Å². The highest BCUT2D eigenvalue weighted by molar-refractivity contribution is 7.80. The van der Waals surface area contributed by atoms with Crippen molar-refractivity contribution in [2.45, 2.75) is 6.92 Å². The van der Waals surface area contributed by atoms with E-state index in [1.807, 2.05) is 84.6 Å². The van der Waals surface area contributed by atoms with Crippen molar-refractivity contribution in [3.8, 4) is 0 Å². The Labute approximate surface area is 199 Å². The molecule has 33 heavy (non-hydrogen) atoms. The molecule has 7 heteroatoms. The molecule has 0 bridgehead atoms. The van der Waals surface area contributed by atoms with Gasteiger partial charge in [0.05, 0.1) is 0 Å². The standard InChI is InChI=1S/C26H26N4O2S/c1-19-6-5-9-21(18-19)24(31)28-26(33)27-22-10-12-23(13-11-22)29-14-16-30(17-15-29)25(32)20-7-3-2-4-8-20/h2-13,18H,14-17H2,1H3,(H2,27,28,31,33). The number of nitrogens with zero attached hydrogens (tertiary/aromatic N) is 2. The van der Waals surface area contributed by atoms with Crippen LogP contribution < -0.4 is 15.5 Å². The highest BCUT2D eigenvalue weighted by Crippen LogP contribution is 2.20. The first-order valence-corrected chi connectivity index (χ1v) is 11.3. The van der Waals surface area contributed by atoms with Crippen molar-refractivity contribution in [1.82, 2.24) is 10.2 Å². The lowest BCUT2D eigenvalue weighted by atomic mass is 10.1. The average Bonchev–Trinajstić information content (AvgIpc) is 2.84. The van der Waals surface area contributed by atoms with Crippen LogP contribution in [0.3, 0.4) is 0 Å². The van der Waals surface area contributed by atoms with E-state index in [4.69, 9.17) is 12.2 Å². The van der Waals surface area contributed by atoms with Crippen molar-refractivity contribution >= 4 is 40.5 Å². The Bertz CT molecular complexity index is 1140. The molecule has 1 aliphatic heterocycles. The van der Waals surface area contributed by atoms with E-state index in [1.54, 1.807) is 6.07 Å². The number of nitrogens with one attached hydrogen (secondary N) is 2. The van der Waals surface area contributed by atoms with E-state index in [1.165, 1.54) is 0 Å². The van der Waals surface area contributed by atoms with Gasteiger partial charge in [0.25, 0.3) is 11.8 Å². The van der Waals surface area contributed by atoms with E-state index < -0.39 is 0 Å². The fourth-order valence-electron chi connectivity index (χ4n) is 3.81. The van der Waals surface area contributed by atoms with Crippen LogP contribution in [0.4, 0.5) is 11.4 Å². The molecule has 0 unspecified atom stereocenters. The predicted octanol–water partition coefficient (Wildman–Crippen LogP) is 4.08. The topological polar surface area (TPSA) is 64.7 Å². The molecule has 3 aromatic carbocycles. The Morgan fingerprint density at radius 1 is 0.818 bits per heavy atom. The molecular weight excluding hydrogens is 432 g/mol. The van der Waals surface area contributed by atoms with Crippen molar-refractivity contribution in [3.05, 3.63) is 95.6 Å². The molecule has 0 saturated carbocycles. The third-order valence-corrected chi connectivity index (χ3v) is 5.79. The quantitative estimate of drug-likeness (QED) is 0.577. The molecule has 0 radical (unpaired) electrons. The van der Waals surface area contributed by atoms with Gasteiger partial charge < -0.3 is 15.1 Å². The summed E-state index contributed by atoms with van der Waals surface area (Å²) < 4.78 is 0. The maximum Gasteiger partial charge on any atom is 0.257 e. The van der Waals surface area contributed by atoms with Crippen molar-refractivity contribution in [1.29, 1.82) is 0 Å². The van der Waals surface area contributed by atoms with Gasteiger partial charge in [0.15, 0.2) is 5.11 Å². The summed E-state index contributed by atoms with van der Waals surface area (Å²) in [6, 6.07) is 24.7. The predicted molar refractivity (Wildman–Crippen MR) is 136 cm³/mol. The largest absolute Gasteiger partial charge is 0.368 e. The molecule has 3 aromatic rings. The van der Waals surface area contributed by atoms with Gasteiger partial charge in [-0.1, -0.05) is 35.9 Å². The number of thiocarbonyl (C=S) groups is 1. The maximum atomic E-state index is 12.6. The summed E-state index contributed by atoms with van der Waals surface area (Å²) in [4.78, 5) is 29.1. The summed E-state index contributed by atoms with van der Waals surface area (Å²) in [7, 11) is 0. The molecule has 1 aliphatic rings. The number of carbonyl (C=O) groups is 2. The molecule has 2 amide bonds. The Hall–Kier alpha value is -3.71. The van der Waals surface area contributed by atoms with E-state index in [2.05, 4.69) is 15.5 Å².